The zero-order chi connectivity index (χ0) is 17.9. The minimum absolute atomic E-state index is 0.0378. The van der Waals surface area contributed by atoms with Crippen LogP contribution in [0.3, 0.4) is 0 Å². The number of fused-ring (bicyclic) bond motifs is 1. The van der Waals surface area contributed by atoms with Gasteiger partial charge in [-0.2, -0.15) is 0 Å². The van der Waals surface area contributed by atoms with E-state index in [0.29, 0.717) is 16.7 Å². The highest BCUT2D eigenvalue weighted by molar-refractivity contribution is 7.10. The van der Waals surface area contributed by atoms with Crippen molar-refractivity contribution >= 4 is 34.5 Å². The number of rotatable bonds is 3. The van der Waals surface area contributed by atoms with Crippen LogP contribution in [-0.2, 0) is 0 Å². The molecule has 2 N–H and O–H groups in total. The SMILES string of the molecule is O=C(c1cnc2[nH]c(=O)[nH]c2c1)N1CCCCCC1/C=C/c1cccs1. The van der Waals surface area contributed by atoms with Crippen LogP contribution >= 0.6 is 11.3 Å². The highest BCUT2D eigenvalue weighted by atomic mass is 32.1. The molecule has 0 saturated carbocycles. The number of amides is 1. The Morgan fingerprint density at radius 3 is 3.08 bits per heavy atom. The van der Waals surface area contributed by atoms with E-state index in [-0.39, 0.29) is 17.6 Å². The number of nitrogens with zero attached hydrogens (tertiary/aromatic N) is 2. The largest absolute Gasteiger partial charge is 0.332 e. The lowest BCUT2D eigenvalue weighted by atomic mass is 10.1. The first-order chi connectivity index (χ1) is 12.7. The van der Waals surface area contributed by atoms with Crippen LogP contribution in [0.5, 0.6) is 0 Å². The van der Waals surface area contributed by atoms with Crippen molar-refractivity contribution in [3.63, 3.8) is 0 Å². The third kappa shape index (κ3) is 3.48. The molecule has 0 aromatic carbocycles. The Bertz CT molecular complexity index is 987. The van der Waals surface area contributed by atoms with Gasteiger partial charge in [-0.05, 0) is 36.4 Å². The fourth-order valence-electron chi connectivity index (χ4n) is 3.38. The molecule has 7 heteroatoms. The average molecular weight is 368 g/mol. The van der Waals surface area contributed by atoms with Gasteiger partial charge in [-0.15, -0.1) is 11.3 Å². The average Bonchev–Trinajstić information content (AvgIpc) is 3.22. The van der Waals surface area contributed by atoms with Gasteiger partial charge in [-0.25, -0.2) is 9.78 Å². The molecule has 1 atom stereocenters. The van der Waals surface area contributed by atoms with E-state index >= 15 is 0 Å². The summed E-state index contributed by atoms with van der Waals surface area (Å²) in [6.45, 7) is 0.736. The number of carbonyl (C=O) groups is 1. The molecule has 3 aromatic heterocycles. The number of thiophene rings is 1. The van der Waals surface area contributed by atoms with E-state index in [1.165, 1.54) is 4.88 Å². The Hall–Kier alpha value is -2.67. The number of aromatic nitrogens is 3. The lowest BCUT2D eigenvalue weighted by molar-refractivity contribution is 0.0718. The third-order valence-corrected chi connectivity index (χ3v) is 5.54. The molecule has 4 rings (SSSR count). The normalized spacial score (nSPS) is 18.5. The number of hydrogen-bond acceptors (Lipinski definition) is 4. The molecule has 0 radical (unpaired) electrons. The summed E-state index contributed by atoms with van der Waals surface area (Å²) in [6, 6.07) is 5.88. The molecule has 0 bridgehead atoms. The van der Waals surface area contributed by atoms with E-state index in [0.717, 1.165) is 32.2 Å². The van der Waals surface area contributed by atoms with E-state index in [2.05, 4.69) is 33.2 Å². The number of likely N-dealkylation sites (tertiary alicyclic amines) is 1. The van der Waals surface area contributed by atoms with Gasteiger partial charge in [0.2, 0.25) is 0 Å². The van der Waals surface area contributed by atoms with Crippen LogP contribution in [-0.4, -0.2) is 38.3 Å². The maximum Gasteiger partial charge on any atom is 0.325 e. The van der Waals surface area contributed by atoms with Crippen molar-refractivity contribution in [2.24, 2.45) is 0 Å². The Morgan fingerprint density at radius 1 is 1.31 bits per heavy atom. The van der Waals surface area contributed by atoms with E-state index in [9.17, 15) is 9.59 Å². The minimum atomic E-state index is -0.316. The summed E-state index contributed by atoms with van der Waals surface area (Å²) < 4.78 is 0. The molecule has 1 aliphatic rings. The topological polar surface area (TPSA) is 81.8 Å². The first-order valence-electron chi connectivity index (χ1n) is 8.81. The van der Waals surface area contributed by atoms with Crippen LogP contribution < -0.4 is 5.69 Å². The predicted octanol–water partition coefficient (Wildman–Crippen LogP) is 3.41. The Balaban J connectivity index is 1.62. The van der Waals surface area contributed by atoms with Crippen molar-refractivity contribution in [1.29, 1.82) is 0 Å². The van der Waals surface area contributed by atoms with Crippen LogP contribution in [0.2, 0.25) is 0 Å². The number of aromatic amines is 2. The van der Waals surface area contributed by atoms with Gasteiger partial charge < -0.3 is 9.88 Å². The zero-order valence-corrected chi connectivity index (χ0v) is 15.1. The number of nitrogens with one attached hydrogen (secondary N) is 2. The molecule has 1 aliphatic heterocycles. The summed E-state index contributed by atoms with van der Waals surface area (Å²) in [5.74, 6) is -0.0378. The molecule has 0 aliphatic carbocycles. The molecule has 6 nitrogen and oxygen atoms in total. The first-order valence-corrected chi connectivity index (χ1v) is 9.69. The highest BCUT2D eigenvalue weighted by Gasteiger charge is 2.25. The zero-order valence-electron chi connectivity index (χ0n) is 14.3. The second kappa shape index (κ2) is 7.29. The molecule has 4 heterocycles. The third-order valence-electron chi connectivity index (χ3n) is 4.70. The fraction of sp³-hybridized carbons (Fsp3) is 0.316. The van der Waals surface area contributed by atoms with Crippen molar-refractivity contribution in [2.45, 2.75) is 31.7 Å². The van der Waals surface area contributed by atoms with E-state index in [4.69, 9.17) is 0 Å². The van der Waals surface area contributed by atoms with Crippen molar-refractivity contribution in [1.82, 2.24) is 19.9 Å². The number of carbonyl (C=O) groups excluding carboxylic acids is 1. The summed E-state index contributed by atoms with van der Waals surface area (Å²) in [6.07, 6.45) is 10.0. The van der Waals surface area contributed by atoms with Crippen LogP contribution in [0.25, 0.3) is 17.2 Å². The molecular weight excluding hydrogens is 348 g/mol. The minimum Gasteiger partial charge on any atom is -0.332 e. The number of hydrogen-bond donors (Lipinski definition) is 2. The number of H-pyrrole nitrogens is 2. The number of imidazole rings is 1. The molecule has 1 amide bonds. The van der Waals surface area contributed by atoms with Gasteiger partial charge in [0.1, 0.15) is 0 Å². The van der Waals surface area contributed by atoms with Gasteiger partial charge in [0, 0.05) is 17.6 Å². The summed E-state index contributed by atoms with van der Waals surface area (Å²) in [5, 5.41) is 2.05. The van der Waals surface area contributed by atoms with Gasteiger partial charge in [-0.3, -0.25) is 9.78 Å². The maximum absolute atomic E-state index is 13.1. The summed E-state index contributed by atoms with van der Waals surface area (Å²) >= 11 is 1.69. The Kier molecular flexibility index (Phi) is 4.71. The van der Waals surface area contributed by atoms with Crippen molar-refractivity contribution in [3.05, 3.63) is 56.8 Å². The van der Waals surface area contributed by atoms with Crippen molar-refractivity contribution in [3.8, 4) is 0 Å². The molecule has 1 fully saturated rings. The van der Waals surface area contributed by atoms with E-state index in [1.54, 1.807) is 23.6 Å². The van der Waals surface area contributed by atoms with Crippen LogP contribution in [0.1, 0.15) is 40.9 Å². The summed E-state index contributed by atoms with van der Waals surface area (Å²) in [4.78, 5) is 37.1. The van der Waals surface area contributed by atoms with Gasteiger partial charge in [0.05, 0.1) is 17.1 Å². The van der Waals surface area contributed by atoms with Crippen molar-refractivity contribution in [2.75, 3.05) is 6.54 Å². The molecular formula is C19H20N4O2S. The quantitative estimate of drug-likeness (QED) is 0.743. The molecule has 3 aromatic rings. The second-order valence-electron chi connectivity index (χ2n) is 6.49. The molecule has 1 unspecified atom stereocenters. The van der Waals surface area contributed by atoms with Crippen LogP contribution in [0.15, 0.2) is 40.6 Å². The first kappa shape index (κ1) is 16.8. The fourth-order valence-corrected chi connectivity index (χ4v) is 4.01. The maximum atomic E-state index is 13.1. The summed E-state index contributed by atoms with van der Waals surface area (Å²) in [7, 11) is 0. The van der Waals surface area contributed by atoms with Crippen LogP contribution in [0.4, 0.5) is 0 Å². The predicted molar refractivity (Wildman–Crippen MR) is 103 cm³/mol. The monoisotopic (exact) mass is 368 g/mol. The van der Waals surface area contributed by atoms with Gasteiger partial charge in [0.25, 0.3) is 5.91 Å². The highest BCUT2D eigenvalue weighted by Crippen LogP contribution is 2.22. The molecule has 134 valence electrons. The van der Waals surface area contributed by atoms with E-state index < -0.39 is 0 Å². The van der Waals surface area contributed by atoms with Crippen LogP contribution in [0, 0.1) is 0 Å². The summed E-state index contributed by atoms with van der Waals surface area (Å²) in [5.41, 5.74) is 1.21. The van der Waals surface area contributed by atoms with Gasteiger partial charge in [-0.1, -0.05) is 25.0 Å². The van der Waals surface area contributed by atoms with Crippen molar-refractivity contribution < 1.29 is 4.79 Å². The molecule has 26 heavy (non-hydrogen) atoms. The number of pyridine rings is 1. The Labute approximate surface area is 154 Å². The smallest absolute Gasteiger partial charge is 0.325 e. The molecule has 1 saturated heterocycles. The van der Waals surface area contributed by atoms with E-state index in [1.807, 2.05) is 16.3 Å². The second-order valence-corrected chi connectivity index (χ2v) is 7.47. The van der Waals surface area contributed by atoms with Gasteiger partial charge in [0.15, 0.2) is 5.65 Å². The molecule has 0 spiro atoms. The standard InChI is InChI=1S/C19H20N4O2S/c24-18(13-11-16-17(20-12-13)22-19(25)21-16)23-9-3-1-2-5-14(23)7-8-15-6-4-10-26-15/h4,6-8,10-12,14H,1-3,5,9H2,(H2,20,21,22,25)/b8-7+. The Morgan fingerprint density at radius 2 is 2.23 bits per heavy atom. The van der Waals surface area contributed by atoms with Gasteiger partial charge >= 0.3 is 5.69 Å². The lowest BCUT2D eigenvalue weighted by Crippen LogP contribution is -2.39. The lowest BCUT2D eigenvalue weighted by Gasteiger charge is -2.28.